The summed E-state index contributed by atoms with van der Waals surface area (Å²) in [6.45, 7) is 4.30. The van der Waals surface area contributed by atoms with Gasteiger partial charge in [-0.3, -0.25) is 4.98 Å². The van der Waals surface area contributed by atoms with Gasteiger partial charge in [0, 0.05) is 15.5 Å². The molecule has 1 unspecified atom stereocenters. The zero-order valence-corrected chi connectivity index (χ0v) is 14.3. The van der Waals surface area contributed by atoms with Gasteiger partial charge >= 0.3 is 0 Å². The summed E-state index contributed by atoms with van der Waals surface area (Å²) >= 11 is 4.11. The summed E-state index contributed by atoms with van der Waals surface area (Å²) in [5, 5.41) is 5.63. The fourth-order valence-electron chi connectivity index (χ4n) is 2.11. The number of nitrogens with zero attached hydrogens (tertiary/aromatic N) is 1. The van der Waals surface area contributed by atoms with Crippen LogP contribution in [-0.2, 0) is 0 Å². The molecule has 2 aromatic heterocycles. The molecular weight excluding hydrogens is 379 g/mol. The lowest BCUT2D eigenvalue weighted by Crippen LogP contribution is -2.07. The summed E-state index contributed by atoms with van der Waals surface area (Å²) in [6.07, 6.45) is 1.96. The lowest BCUT2D eigenvalue weighted by atomic mass is 10.1. The van der Waals surface area contributed by atoms with Gasteiger partial charge < -0.3 is 5.32 Å². The maximum atomic E-state index is 4.50. The Hall–Kier alpha value is -1.14. The first-order valence-electron chi connectivity index (χ1n) is 6.49. The van der Waals surface area contributed by atoms with Gasteiger partial charge in [-0.1, -0.05) is 6.07 Å². The average Bonchev–Trinajstić information content (AvgIpc) is 2.90. The van der Waals surface area contributed by atoms with Crippen LogP contribution < -0.4 is 5.32 Å². The van der Waals surface area contributed by atoms with E-state index in [0.717, 1.165) is 11.2 Å². The standard InChI is InChI=1S/C16H15IN2S/c1-10-3-4-13(8-14(10)17)19-11(2)12-7-16-15(18-9-12)5-6-20-16/h3-9,11,19H,1-2H3. The fourth-order valence-corrected chi connectivity index (χ4v) is 3.42. The Balaban J connectivity index is 1.84. The van der Waals surface area contributed by atoms with Crippen LogP contribution in [0.1, 0.15) is 24.1 Å². The number of pyridine rings is 1. The van der Waals surface area contributed by atoms with Gasteiger partial charge in [0.1, 0.15) is 0 Å². The Morgan fingerprint density at radius 1 is 1.25 bits per heavy atom. The third-order valence-corrected chi connectivity index (χ3v) is 5.39. The Kier molecular flexibility index (Phi) is 3.94. The van der Waals surface area contributed by atoms with Crippen LogP contribution >= 0.6 is 33.9 Å². The molecule has 2 nitrogen and oxygen atoms in total. The highest BCUT2D eigenvalue weighted by Gasteiger charge is 2.08. The first-order valence-corrected chi connectivity index (χ1v) is 8.45. The van der Waals surface area contributed by atoms with E-state index in [1.165, 1.54) is 19.4 Å². The number of hydrogen-bond donors (Lipinski definition) is 1. The Bertz CT molecular complexity index is 751. The van der Waals surface area contributed by atoms with Crippen LogP contribution in [0.25, 0.3) is 10.2 Å². The van der Waals surface area contributed by atoms with E-state index < -0.39 is 0 Å². The molecule has 0 aliphatic carbocycles. The van der Waals surface area contributed by atoms with Crippen LogP contribution in [-0.4, -0.2) is 4.98 Å². The van der Waals surface area contributed by atoms with E-state index in [1.807, 2.05) is 6.20 Å². The van der Waals surface area contributed by atoms with Crippen molar-refractivity contribution in [3.63, 3.8) is 0 Å². The van der Waals surface area contributed by atoms with Gasteiger partial charge in [-0.15, -0.1) is 11.3 Å². The first kappa shape index (κ1) is 13.8. The molecular formula is C16H15IN2S. The number of rotatable bonds is 3. The molecule has 102 valence electrons. The largest absolute Gasteiger partial charge is 0.378 e. The quantitative estimate of drug-likeness (QED) is 0.603. The van der Waals surface area contributed by atoms with Crippen LogP contribution in [0.3, 0.4) is 0 Å². The monoisotopic (exact) mass is 394 g/mol. The van der Waals surface area contributed by atoms with Gasteiger partial charge in [-0.25, -0.2) is 0 Å². The van der Waals surface area contributed by atoms with E-state index in [9.17, 15) is 0 Å². The fraction of sp³-hybridized carbons (Fsp3) is 0.188. The highest BCUT2D eigenvalue weighted by molar-refractivity contribution is 14.1. The molecule has 0 fully saturated rings. The van der Waals surface area contributed by atoms with Gasteiger partial charge in [0.15, 0.2) is 0 Å². The lowest BCUT2D eigenvalue weighted by molar-refractivity contribution is 0.880. The second kappa shape index (κ2) is 5.69. The Morgan fingerprint density at radius 3 is 2.90 bits per heavy atom. The zero-order chi connectivity index (χ0) is 14.1. The number of aromatic nitrogens is 1. The second-order valence-corrected chi connectivity index (χ2v) is 7.01. The molecule has 3 aromatic rings. The van der Waals surface area contributed by atoms with Gasteiger partial charge in [0.2, 0.25) is 0 Å². The molecule has 0 aliphatic heterocycles. The van der Waals surface area contributed by atoms with Crippen molar-refractivity contribution >= 4 is 49.8 Å². The highest BCUT2D eigenvalue weighted by atomic mass is 127. The summed E-state index contributed by atoms with van der Waals surface area (Å²) in [5.41, 5.74) is 4.76. The molecule has 0 saturated heterocycles. The molecule has 2 heterocycles. The third kappa shape index (κ3) is 2.81. The summed E-state index contributed by atoms with van der Waals surface area (Å²) in [5.74, 6) is 0. The number of fused-ring (bicyclic) bond motifs is 1. The smallest absolute Gasteiger partial charge is 0.0809 e. The molecule has 4 heteroatoms. The maximum Gasteiger partial charge on any atom is 0.0809 e. The van der Waals surface area contributed by atoms with Gasteiger partial charge in [-0.2, -0.15) is 0 Å². The number of hydrogen-bond acceptors (Lipinski definition) is 3. The minimum Gasteiger partial charge on any atom is -0.378 e. The lowest BCUT2D eigenvalue weighted by Gasteiger charge is -2.16. The van der Waals surface area contributed by atoms with Crippen molar-refractivity contribution in [1.82, 2.24) is 4.98 Å². The van der Waals surface area contributed by atoms with Crippen molar-refractivity contribution in [1.29, 1.82) is 0 Å². The SMILES string of the molecule is Cc1ccc(NC(C)c2cnc3ccsc3c2)cc1I. The van der Waals surface area contributed by atoms with Crippen molar-refractivity contribution in [3.8, 4) is 0 Å². The molecule has 3 rings (SSSR count). The van der Waals surface area contributed by atoms with Crippen LogP contribution in [0.2, 0.25) is 0 Å². The van der Waals surface area contributed by atoms with Crippen LogP contribution in [0.15, 0.2) is 41.9 Å². The molecule has 0 spiro atoms. The molecule has 0 aliphatic rings. The topological polar surface area (TPSA) is 24.9 Å². The van der Waals surface area contributed by atoms with E-state index in [-0.39, 0.29) is 6.04 Å². The first-order chi connectivity index (χ1) is 9.63. The molecule has 0 saturated carbocycles. The van der Waals surface area contributed by atoms with E-state index in [1.54, 1.807) is 11.3 Å². The molecule has 0 radical (unpaired) electrons. The zero-order valence-electron chi connectivity index (χ0n) is 11.4. The molecule has 1 aromatic carbocycles. The predicted molar refractivity (Wildman–Crippen MR) is 95.6 cm³/mol. The number of anilines is 1. The summed E-state index contributed by atoms with van der Waals surface area (Å²) in [6, 6.07) is 11.0. The van der Waals surface area contributed by atoms with Gasteiger partial charge in [-0.05, 0) is 77.2 Å². The van der Waals surface area contributed by atoms with E-state index in [0.29, 0.717) is 0 Å². The molecule has 0 bridgehead atoms. The molecule has 0 amide bonds. The number of aryl methyl sites for hydroxylation is 1. The minimum absolute atomic E-state index is 0.243. The number of thiophene rings is 1. The van der Waals surface area contributed by atoms with Crippen molar-refractivity contribution in [2.45, 2.75) is 19.9 Å². The van der Waals surface area contributed by atoms with E-state index in [4.69, 9.17) is 0 Å². The maximum absolute atomic E-state index is 4.50. The summed E-state index contributed by atoms with van der Waals surface area (Å²) in [7, 11) is 0. The highest BCUT2D eigenvalue weighted by Crippen LogP contribution is 2.26. The number of halogens is 1. The van der Waals surface area contributed by atoms with Crippen molar-refractivity contribution in [2.75, 3.05) is 5.32 Å². The van der Waals surface area contributed by atoms with Crippen molar-refractivity contribution in [3.05, 3.63) is 56.6 Å². The molecule has 1 N–H and O–H groups in total. The second-order valence-electron chi connectivity index (χ2n) is 4.90. The normalized spacial score (nSPS) is 12.6. The van der Waals surface area contributed by atoms with Crippen LogP contribution in [0.5, 0.6) is 0 Å². The Morgan fingerprint density at radius 2 is 2.10 bits per heavy atom. The van der Waals surface area contributed by atoms with E-state index >= 15 is 0 Å². The van der Waals surface area contributed by atoms with Crippen LogP contribution in [0.4, 0.5) is 5.69 Å². The average molecular weight is 394 g/mol. The molecule has 20 heavy (non-hydrogen) atoms. The van der Waals surface area contributed by atoms with Crippen LogP contribution in [0, 0.1) is 10.5 Å². The summed E-state index contributed by atoms with van der Waals surface area (Å²) in [4.78, 5) is 4.50. The van der Waals surface area contributed by atoms with Crippen molar-refractivity contribution < 1.29 is 0 Å². The number of benzene rings is 1. The molecule has 1 atom stereocenters. The van der Waals surface area contributed by atoms with Gasteiger partial charge in [0.25, 0.3) is 0 Å². The minimum atomic E-state index is 0.243. The third-order valence-electron chi connectivity index (χ3n) is 3.38. The van der Waals surface area contributed by atoms with Crippen molar-refractivity contribution in [2.24, 2.45) is 0 Å². The van der Waals surface area contributed by atoms with E-state index in [2.05, 4.69) is 82.5 Å². The predicted octanol–water partition coefficient (Wildman–Crippen LogP) is 5.38. The Labute approximate surface area is 136 Å². The number of nitrogens with one attached hydrogen (secondary N) is 1. The van der Waals surface area contributed by atoms with Gasteiger partial charge in [0.05, 0.1) is 16.3 Å². The summed E-state index contributed by atoms with van der Waals surface area (Å²) < 4.78 is 2.53.